The van der Waals surface area contributed by atoms with Crippen LogP contribution < -0.4 is 0 Å². The van der Waals surface area contributed by atoms with Gasteiger partial charge < -0.3 is 13.6 Å². The van der Waals surface area contributed by atoms with Crippen LogP contribution in [0.1, 0.15) is 52.8 Å². The van der Waals surface area contributed by atoms with E-state index in [0.717, 1.165) is 29.5 Å². The van der Waals surface area contributed by atoms with Gasteiger partial charge in [-0.25, -0.2) is 4.79 Å². The average molecular weight is 322 g/mol. The van der Waals surface area contributed by atoms with Crippen molar-refractivity contribution >= 4 is 17.7 Å². The normalized spacial score (nSPS) is 10.9. The number of hydrogen-bond donors (Lipinski definition) is 0. The van der Waals surface area contributed by atoms with Gasteiger partial charge in [0.15, 0.2) is 0 Å². The van der Waals surface area contributed by atoms with Crippen LogP contribution in [0, 0.1) is 13.8 Å². The van der Waals surface area contributed by atoms with Crippen molar-refractivity contribution in [1.82, 2.24) is 0 Å². The van der Waals surface area contributed by atoms with Crippen LogP contribution in [0.3, 0.4) is 0 Å². The summed E-state index contributed by atoms with van der Waals surface area (Å²) in [5, 5.41) is 0. The van der Waals surface area contributed by atoms with E-state index >= 15 is 0 Å². The molecule has 0 aromatic carbocycles. The lowest BCUT2D eigenvalue weighted by Gasteiger charge is -1.97. The van der Waals surface area contributed by atoms with Crippen LogP contribution in [0.15, 0.2) is 21.0 Å². The van der Waals surface area contributed by atoms with Crippen LogP contribution in [-0.2, 0) is 22.7 Å². The number of ether oxygens (including phenoxy) is 1. The zero-order valence-electron chi connectivity index (χ0n) is 13.5. The van der Waals surface area contributed by atoms with Gasteiger partial charge in [-0.1, -0.05) is 6.92 Å². The van der Waals surface area contributed by atoms with Crippen LogP contribution in [-0.4, -0.2) is 12.6 Å². The van der Waals surface area contributed by atoms with E-state index < -0.39 is 0 Å². The second kappa shape index (κ2) is 7.58. The summed E-state index contributed by atoms with van der Waals surface area (Å²) in [7, 11) is 0. The minimum Gasteiger partial charge on any atom is -0.465 e. The molecule has 2 heterocycles. The zero-order valence-corrected chi connectivity index (χ0v) is 14.3. The third-order valence-corrected chi connectivity index (χ3v) is 4.38. The Morgan fingerprint density at radius 1 is 1.09 bits per heavy atom. The number of carbonyl (C=O) groups is 1. The molecular formula is C17H22O4S. The molecule has 0 saturated carbocycles. The van der Waals surface area contributed by atoms with Gasteiger partial charge in [0.1, 0.15) is 28.6 Å². The summed E-state index contributed by atoms with van der Waals surface area (Å²) in [6.45, 7) is 8.06. The second-order valence-corrected chi connectivity index (χ2v) is 6.03. The lowest BCUT2D eigenvalue weighted by molar-refractivity contribution is 0.0524. The number of aryl methyl sites for hydroxylation is 3. The van der Waals surface area contributed by atoms with Crippen molar-refractivity contribution in [2.24, 2.45) is 0 Å². The van der Waals surface area contributed by atoms with E-state index in [9.17, 15) is 4.79 Å². The van der Waals surface area contributed by atoms with E-state index in [4.69, 9.17) is 13.6 Å². The van der Waals surface area contributed by atoms with E-state index in [2.05, 4.69) is 13.0 Å². The summed E-state index contributed by atoms with van der Waals surface area (Å²) in [6, 6.07) is 3.88. The van der Waals surface area contributed by atoms with Crippen LogP contribution in [0.4, 0.5) is 0 Å². The highest BCUT2D eigenvalue weighted by Crippen LogP contribution is 2.24. The molecule has 0 unspecified atom stereocenters. The monoisotopic (exact) mass is 322 g/mol. The van der Waals surface area contributed by atoms with E-state index in [1.807, 2.05) is 6.92 Å². The largest absolute Gasteiger partial charge is 0.465 e. The van der Waals surface area contributed by atoms with Gasteiger partial charge in [0.25, 0.3) is 0 Å². The first-order valence-electron chi connectivity index (χ1n) is 7.47. The van der Waals surface area contributed by atoms with Crippen LogP contribution in [0.2, 0.25) is 0 Å². The maximum atomic E-state index is 11.7. The van der Waals surface area contributed by atoms with Gasteiger partial charge in [0, 0.05) is 0 Å². The Morgan fingerprint density at radius 3 is 2.32 bits per heavy atom. The number of esters is 1. The molecule has 0 spiro atoms. The van der Waals surface area contributed by atoms with Crippen molar-refractivity contribution in [1.29, 1.82) is 0 Å². The van der Waals surface area contributed by atoms with E-state index in [1.54, 1.807) is 31.7 Å². The molecule has 0 aliphatic heterocycles. The first-order valence-corrected chi connectivity index (χ1v) is 8.63. The fraction of sp³-hybridized carbons (Fsp3) is 0.471. The quantitative estimate of drug-likeness (QED) is 0.694. The van der Waals surface area contributed by atoms with Crippen molar-refractivity contribution in [2.75, 3.05) is 6.61 Å². The minimum absolute atomic E-state index is 0.325. The molecule has 0 saturated heterocycles. The number of thioether (sulfide) groups is 1. The molecular weight excluding hydrogens is 300 g/mol. The summed E-state index contributed by atoms with van der Waals surface area (Å²) in [5.41, 5.74) is 1.77. The molecule has 0 aliphatic rings. The topological polar surface area (TPSA) is 52.6 Å². The summed E-state index contributed by atoms with van der Waals surface area (Å²) in [5.74, 6) is 4.52. The van der Waals surface area contributed by atoms with Crippen molar-refractivity contribution in [3.05, 3.63) is 46.3 Å². The molecule has 2 aromatic heterocycles. The predicted octanol–water partition coefficient (Wildman–Crippen LogP) is 4.66. The fourth-order valence-electron chi connectivity index (χ4n) is 2.29. The van der Waals surface area contributed by atoms with Gasteiger partial charge in [-0.15, -0.1) is 11.8 Å². The molecule has 0 bridgehead atoms. The predicted molar refractivity (Wildman–Crippen MR) is 87.2 cm³/mol. The van der Waals surface area contributed by atoms with E-state index in [0.29, 0.717) is 23.7 Å². The van der Waals surface area contributed by atoms with Gasteiger partial charge in [-0.3, -0.25) is 0 Å². The molecule has 0 aliphatic carbocycles. The highest BCUT2D eigenvalue weighted by molar-refractivity contribution is 7.97. The number of hydrogen-bond acceptors (Lipinski definition) is 5. The Hall–Kier alpha value is -1.62. The second-order valence-electron chi connectivity index (χ2n) is 5.04. The number of carbonyl (C=O) groups excluding carboxylic acids is 1. The summed E-state index contributed by atoms with van der Waals surface area (Å²) >= 11 is 1.70. The standard InChI is InChI=1S/C17H22O4S/c1-5-13-7-14(20-11(13)3)9-22-10-15-8-16(12(4)21-15)17(18)19-6-2/h7-8H,5-6,9-10H2,1-4H3. The molecule has 5 heteroatoms. The van der Waals surface area contributed by atoms with Crippen LogP contribution in [0.5, 0.6) is 0 Å². The third-order valence-electron chi connectivity index (χ3n) is 3.41. The molecule has 0 radical (unpaired) electrons. The Bertz CT molecular complexity index is 639. The first-order chi connectivity index (χ1) is 10.5. The third kappa shape index (κ3) is 3.97. The van der Waals surface area contributed by atoms with Gasteiger partial charge in [-0.05, 0) is 44.9 Å². The van der Waals surface area contributed by atoms with Crippen molar-refractivity contribution in [3.63, 3.8) is 0 Å². The average Bonchev–Trinajstić information content (AvgIpc) is 3.02. The van der Waals surface area contributed by atoms with Crippen molar-refractivity contribution in [2.45, 2.75) is 45.6 Å². The van der Waals surface area contributed by atoms with Gasteiger partial charge in [0.05, 0.1) is 18.1 Å². The highest BCUT2D eigenvalue weighted by Gasteiger charge is 2.16. The van der Waals surface area contributed by atoms with Crippen LogP contribution in [0.25, 0.3) is 0 Å². The molecule has 2 rings (SSSR count). The SMILES string of the molecule is CCOC(=O)c1cc(CSCc2cc(CC)c(C)o2)oc1C. The maximum Gasteiger partial charge on any atom is 0.341 e. The maximum absolute atomic E-state index is 11.7. The molecule has 22 heavy (non-hydrogen) atoms. The van der Waals surface area contributed by atoms with Crippen molar-refractivity contribution in [3.8, 4) is 0 Å². The Kier molecular flexibility index (Phi) is 5.77. The molecule has 0 fully saturated rings. The molecule has 0 N–H and O–H groups in total. The van der Waals surface area contributed by atoms with E-state index in [1.165, 1.54) is 5.56 Å². The summed E-state index contributed by atoms with van der Waals surface area (Å²) in [6.07, 6.45) is 0.986. The number of furan rings is 2. The van der Waals surface area contributed by atoms with Crippen molar-refractivity contribution < 1.29 is 18.4 Å². The highest BCUT2D eigenvalue weighted by atomic mass is 32.2. The summed E-state index contributed by atoms with van der Waals surface area (Å²) < 4.78 is 16.3. The zero-order chi connectivity index (χ0) is 16.1. The van der Waals surface area contributed by atoms with E-state index in [-0.39, 0.29) is 5.97 Å². The Balaban J connectivity index is 1.91. The lowest BCUT2D eigenvalue weighted by atomic mass is 10.2. The molecule has 0 atom stereocenters. The molecule has 2 aromatic rings. The summed E-state index contributed by atoms with van der Waals surface area (Å²) in [4.78, 5) is 11.7. The van der Waals surface area contributed by atoms with Gasteiger partial charge >= 0.3 is 5.97 Å². The smallest absolute Gasteiger partial charge is 0.341 e. The Labute approximate surface area is 135 Å². The Morgan fingerprint density at radius 2 is 1.73 bits per heavy atom. The van der Waals surface area contributed by atoms with Crippen LogP contribution >= 0.6 is 11.8 Å². The molecule has 4 nitrogen and oxygen atoms in total. The number of rotatable bonds is 7. The lowest BCUT2D eigenvalue weighted by Crippen LogP contribution is -2.04. The minimum atomic E-state index is -0.325. The molecule has 120 valence electrons. The first kappa shape index (κ1) is 16.7. The van der Waals surface area contributed by atoms with Gasteiger partial charge in [0.2, 0.25) is 0 Å². The molecule has 0 amide bonds. The van der Waals surface area contributed by atoms with Gasteiger partial charge in [-0.2, -0.15) is 0 Å². The fourth-order valence-corrected chi connectivity index (χ4v) is 3.08.